The number of carbonyl (C=O) groups excluding carboxylic acids is 2. The summed E-state index contributed by atoms with van der Waals surface area (Å²) >= 11 is 0. The summed E-state index contributed by atoms with van der Waals surface area (Å²) in [5, 5.41) is 14.5. The first-order valence-corrected chi connectivity index (χ1v) is 8.56. The number of fused-ring (bicyclic) bond motifs is 1. The molecule has 134 valence electrons. The van der Waals surface area contributed by atoms with Crippen molar-refractivity contribution in [1.82, 2.24) is 30.2 Å². The SMILES string of the molecule is CC(=O)N1CCCn2nc(C(=O)NC(C)Cc3cc(C)[nH]n3)cc2C1. The minimum Gasteiger partial charge on any atom is -0.348 e. The average Bonchev–Trinajstić information content (AvgIpc) is 3.07. The monoisotopic (exact) mass is 344 g/mol. The van der Waals surface area contributed by atoms with Crippen LogP contribution in [0.15, 0.2) is 12.1 Å². The van der Waals surface area contributed by atoms with Gasteiger partial charge < -0.3 is 10.2 Å². The van der Waals surface area contributed by atoms with Gasteiger partial charge in [-0.25, -0.2) is 0 Å². The van der Waals surface area contributed by atoms with Crippen LogP contribution in [-0.2, 0) is 24.3 Å². The van der Waals surface area contributed by atoms with Crippen LogP contribution in [0.2, 0.25) is 0 Å². The van der Waals surface area contributed by atoms with Crippen molar-refractivity contribution in [1.29, 1.82) is 0 Å². The molecule has 1 aliphatic heterocycles. The van der Waals surface area contributed by atoms with Gasteiger partial charge >= 0.3 is 0 Å². The van der Waals surface area contributed by atoms with Crippen LogP contribution in [0.1, 0.15) is 47.8 Å². The highest BCUT2D eigenvalue weighted by molar-refractivity contribution is 5.92. The Bertz CT molecular complexity index is 778. The molecule has 2 aromatic rings. The molecule has 2 N–H and O–H groups in total. The third kappa shape index (κ3) is 4.07. The average molecular weight is 344 g/mol. The quantitative estimate of drug-likeness (QED) is 0.866. The number of rotatable bonds is 4. The van der Waals surface area contributed by atoms with E-state index in [4.69, 9.17) is 0 Å². The summed E-state index contributed by atoms with van der Waals surface area (Å²) in [5.41, 5.74) is 3.21. The zero-order chi connectivity index (χ0) is 18.0. The summed E-state index contributed by atoms with van der Waals surface area (Å²) in [6.07, 6.45) is 1.49. The van der Waals surface area contributed by atoms with E-state index in [0.717, 1.165) is 30.0 Å². The number of aromatic nitrogens is 4. The number of H-pyrrole nitrogens is 1. The number of nitrogens with one attached hydrogen (secondary N) is 2. The first kappa shape index (κ1) is 17.2. The highest BCUT2D eigenvalue weighted by Crippen LogP contribution is 2.14. The van der Waals surface area contributed by atoms with Crippen LogP contribution in [0.5, 0.6) is 0 Å². The number of aromatic amines is 1. The third-order valence-electron chi connectivity index (χ3n) is 4.34. The second kappa shape index (κ2) is 7.08. The largest absolute Gasteiger partial charge is 0.348 e. The Morgan fingerprint density at radius 2 is 2.16 bits per heavy atom. The lowest BCUT2D eigenvalue weighted by molar-refractivity contribution is -0.129. The Balaban J connectivity index is 1.65. The van der Waals surface area contributed by atoms with Gasteiger partial charge in [0.15, 0.2) is 5.69 Å². The van der Waals surface area contributed by atoms with Gasteiger partial charge in [-0.1, -0.05) is 0 Å². The number of amides is 2. The zero-order valence-corrected chi connectivity index (χ0v) is 14.9. The van der Waals surface area contributed by atoms with Crippen molar-refractivity contribution in [2.75, 3.05) is 6.54 Å². The van der Waals surface area contributed by atoms with E-state index in [9.17, 15) is 9.59 Å². The maximum Gasteiger partial charge on any atom is 0.272 e. The highest BCUT2D eigenvalue weighted by atomic mass is 16.2. The number of carbonyl (C=O) groups is 2. The van der Waals surface area contributed by atoms with Crippen molar-refractivity contribution < 1.29 is 9.59 Å². The van der Waals surface area contributed by atoms with Crippen LogP contribution in [0.25, 0.3) is 0 Å². The molecule has 25 heavy (non-hydrogen) atoms. The fourth-order valence-electron chi connectivity index (χ4n) is 3.08. The number of nitrogens with zero attached hydrogens (tertiary/aromatic N) is 4. The first-order valence-electron chi connectivity index (χ1n) is 8.56. The van der Waals surface area contributed by atoms with Crippen molar-refractivity contribution >= 4 is 11.8 Å². The normalized spacial score (nSPS) is 15.4. The maximum absolute atomic E-state index is 12.5. The fraction of sp³-hybridized carbons (Fsp3) is 0.529. The Morgan fingerprint density at radius 3 is 2.84 bits per heavy atom. The molecule has 1 unspecified atom stereocenters. The zero-order valence-electron chi connectivity index (χ0n) is 14.9. The van der Waals surface area contributed by atoms with E-state index < -0.39 is 0 Å². The molecule has 8 nitrogen and oxygen atoms in total. The maximum atomic E-state index is 12.5. The molecule has 8 heteroatoms. The predicted molar refractivity (Wildman–Crippen MR) is 91.9 cm³/mol. The number of hydrogen-bond acceptors (Lipinski definition) is 4. The Kier molecular flexibility index (Phi) is 4.87. The molecule has 0 bridgehead atoms. The summed E-state index contributed by atoms with van der Waals surface area (Å²) in [6, 6.07) is 3.70. The van der Waals surface area contributed by atoms with Gasteiger partial charge in [-0.2, -0.15) is 10.2 Å². The van der Waals surface area contributed by atoms with Crippen LogP contribution in [0.4, 0.5) is 0 Å². The Labute approximate surface area is 146 Å². The van der Waals surface area contributed by atoms with Crippen molar-refractivity contribution in [3.05, 3.63) is 34.9 Å². The second-order valence-electron chi connectivity index (χ2n) is 6.66. The van der Waals surface area contributed by atoms with Crippen molar-refractivity contribution in [3.63, 3.8) is 0 Å². The van der Waals surface area contributed by atoms with Gasteiger partial charge in [-0.3, -0.25) is 19.4 Å². The van der Waals surface area contributed by atoms with Crippen molar-refractivity contribution in [3.8, 4) is 0 Å². The molecular formula is C17H24N6O2. The molecule has 1 aliphatic rings. The summed E-state index contributed by atoms with van der Waals surface area (Å²) in [4.78, 5) is 25.9. The molecule has 3 heterocycles. The minimum atomic E-state index is -0.199. The topological polar surface area (TPSA) is 95.9 Å². The Morgan fingerprint density at radius 1 is 1.36 bits per heavy atom. The van der Waals surface area contributed by atoms with Crippen LogP contribution in [0.3, 0.4) is 0 Å². The van der Waals surface area contributed by atoms with Crippen molar-refractivity contribution in [2.45, 2.75) is 52.7 Å². The van der Waals surface area contributed by atoms with Gasteiger partial charge in [0.1, 0.15) is 0 Å². The lowest BCUT2D eigenvalue weighted by Crippen LogP contribution is -2.34. The van der Waals surface area contributed by atoms with Crippen LogP contribution < -0.4 is 5.32 Å². The summed E-state index contributed by atoms with van der Waals surface area (Å²) < 4.78 is 1.83. The van der Waals surface area contributed by atoms with Gasteiger partial charge in [-0.15, -0.1) is 0 Å². The molecule has 0 aliphatic carbocycles. The smallest absolute Gasteiger partial charge is 0.272 e. The molecule has 0 spiro atoms. The number of hydrogen-bond donors (Lipinski definition) is 2. The van der Waals surface area contributed by atoms with E-state index in [-0.39, 0.29) is 17.9 Å². The van der Waals surface area contributed by atoms with E-state index in [0.29, 0.717) is 25.2 Å². The molecular weight excluding hydrogens is 320 g/mol. The molecule has 0 saturated carbocycles. The van der Waals surface area contributed by atoms with E-state index in [1.165, 1.54) is 0 Å². The van der Waals surface area contributed by atoms with E-state index in [1.807, 2.05) is 24.6 Å². The lowest BCUT2D eigenvalue weighted by Gasteiger charge is -2.17. The Hall–Kier alpha value is -2.64. The van der Waals surface area contributed by atoms with E-state index >= 15 is 0 Å². The highest BCUT2D eigenvalue weighted by Gasteiger charge is 2.21. The molecule has 0 radical (unpaired) electrons. The van der Waals surface area contributed by atoms with E-state index in [1.54, 1.807) is 17.9 Å². The van der Waals surface area contributed by atoms with Crippen LogP contribution in [-0.4, -0.2) is 49.3 Å². The summed E-state index contributed by atoms with van der Waals surface area (Å²) in [7, 11) is 0. The van der Waals surface area contributed by atoms with Gasteiger partial charge in [0, 0.05) is 38.2 Å². The molecule has 0 aromatic carbocycles. The lowest BCUT2D eigenvalue weighted by atomic mass is 10.1. The van der Waals surface area contributed by atoms with E-state index in [2.05, 4.69) is 20.6 Å². The predicted octanol–water partition coefficient (Wildman–Crippen LogP) is 1.03. The summed E-state index contributed by atoms with van der Waals surface area (Å²) in [5.74, 6) is -0.154. The van der Waals surface area contributed by atoms with Gasteiger partial charge in [0.25, 0.3) is 5.91 Å². The number of aryl methyl sites for hydroxylation is 2. The van der Waals surface area contributed by atoms with Gasteiger partial charge in [0.05, 0.1) is 17.9 Å². The third-order valence-corrected chi connectivity index (χ3v) is 4.34. The molecule has 1 atom stereocenters. The fourth-order valence-corrected chi connectivity index (χ4v) is 3.08. The molecule has 0 saturated heterocycles. The van der Waals surface area contributed by atoms with Gasteiger partial charge in [-0.05, 0) is 32.4 Å². The van der Waals surface area contributed by atoms with Crippen LogP contribution >= 0.6 is 0 Å². The molecule has 2 amide bonds. The first-order chi connectivity index (χ1) is 11.9. The molecule has 0 fully saturated rings. The molecule has 3 rings (SSSR count). The van der Waals surface area contributed by atoms with Crippen LogP contribution in [0, 0.1) is 6.92 Å². The van der Waals surface area contributed by atoms with Crippen molar-refractivity contribution in [2.24, 2.45) is 0 Å². The molecule has 2 aromatic heterocycles. The van der Waals surface area contributed by atoms with Gasteiger partial charge in [0.2, 0.25) is 5.91 Å². The minimum absolute atomic E-state index is 0.0450. The summed E-state index contributed by atoms with van der Waals surface area (Å²) in [6.45, 7) is 7.40. The standard InChI is InChI=1S/C17H24N6O2/c1-11(7-14-8-12(2)19-20-14)18-17(25)16-9-15-10-22(13(3)24)5-4-6-23(15)21-16/h8-9,11H,4-7,10H2,1-3H3,(H,18,25)(H,19,20). The second-order valence-corrected chi connectivity index (χ2v) is 6.66.